The fraction of sp³-hybridized carbons (Fsp3) is 0.727. The summed E-state index contributed by atoms with van der Waals surface area (Å²) < 4.78 is 13.2. The predicted octanol–water partition coefficient (Wildman–Crippen LogP) is 1.23. The third-order valence-corrected chi connectivity index (χ3v) is 3.52. The standard InChI is InChI=1S/C11H21N3OS/c1-5-10(11-12-6-7-14(11)3)13-9(2)8-16(4)15/h6-7,9-10,13H,5,8H2,1-4H3. The largest absolute Gasteiger partial charge is 0.337 e. The zero-order valence-electron chi connectivity index (χ0n) is 10.4. The Labute approximate surface area is 99.9 Å². The lowest BCUT2D eigenvalue weighted by Gasteiger charge is -2.21. The maximum Gasteiger partial charge on any atom is 0.125 e. The highest BCUT2D eigenvalue weighted by atomic mass is 32.2. The second-order valence-corrected chi connectivity index (χ2v) is 5.64. The third kappa shape index (κ3) is 3.72. The fourth-order valence-electron chi connectivity index (χ4n) is 1.83. The molecule has 0 aliphatic carbocycles. The molecule has 5 heteroatoms. The molecular formula is C11H21N3OS. The Morgan fingerprint density at radius 3 is 2.75 bits per heavy atom. The van der Waals surface area contributed by atoms with Gasteiger partial charge < -0.3 is 9.88 Å². The molecule has 0 radical (unpaired) electrons. The molecule has 0 saturated heterocycles. The van der Waals surface area contributed by atoms with Crippen LogP contribution in [0, 0.1) is 0 Å². The van der Waals surface area contributed by atoms with Crippen molar-refractivity contribution in [1.82, 2.24) is 14.9 Å². The van der Waals surface area contributed by atoms with Crippen LogP contribution in [0.1, 0.15) is 32.1 Å². The summed E-state index contributed by atoms with van der Waals surface area (Å²) in [7, 11) is 1.24. The Kier molecular flexibility index (Phi) is 5.15. The minimum absolute atomic E-state index is 0.235. The van der Waals surface area contributed by atoms with Gasteiger partial charge in [-0.2, -0.15) is 0 Å². The molecule has 3 atom stereocenters. The van der Waals surface area contributed by atoms with Gasteiger partial charge >= 0.3 is 0 Å². The van der Waals surface area contributed by atoms with E-state index in [1.807, 2.05) is 24.0 Å². The van der Waals surface area contributed by atoms with Gasteiger partial charge in [0.1, 0.15) is 5.82 Å². The van der Waals surface area contributed by atoms with Crippen molar-refractivity contribution in [2.75, 3.05) is 12.0 Å². The molecular weight excluding hydrogens is 222 g/mol. The molecule has 1 aromatic rings. The summed E-state index contributed by atoms with van der Waals surface area (Å²) >= 11 is 0. The zero-order valence-corrected chi connectivity index (χ0v) is 11.3. The van der Waals surface area contributed by atoms with Crippen molar-refractivity contribution in [3.05, 3.63) is 18.2 Å². The normalized spacial score (nSPS) is 17.0. The summed E-state index contributed by atoms with van der Waals surface area (Å²) in [6.45, 7) is 4.19. The molecule has 1 heterocycles. The van der Waals surface area contributed by atoms with E-state index in [1.165, 1.54) is 0 Å². The van der Waals surface area contributed by atoms with Crippen LogP contribution in [0.5, 0.6) is 0 Å². The van der Waals surface area contributed by atoms with Gasteiger partial charge in [-0.05, 0) is 13.3 Å². The molecule has 4 nitrogen and oxygen atoms in total. The second kappa shape index (κ2) is 6.15. The fourth-order valence-corrected chi connectivity index (χ4v) is 2.63. The van der Waals surface area contributed by atoms with Crippen LogP contribution in [0.25, 0.3) is 0 Å². The molecule has 0 aliphatic heterocycles. The zero-order chi connectivity index (χ0) is 12.1. The van der Waals surface area contributed by atoms with Gasteiger partial charge in [0.05, 0.1) is 6.04 Å². The van der Waals surface area contributed by atoms with Gasteiger partial charge in [-0.3, -0.25) is 4.21 Å². The Morgan fingerprint density at radius 1 is 1.62 bits per heavy atom. The lowest BCUT2D eigenvalue weighted by atomic mass is 10.2. The molecule has 0 aliphatic rings. The van der Waals surface area contributed by atoms with Gasteiger partial charge in [0.25, 0.3) is 0 Å². The number of aryl methyl sites for hydroxylation is 1. The van der Waals surface area contributed by atoms with Gasteiger partial charge in [-0.1, -0.05) is 6.92 Å². The Bertz CT molecular complexity index is 351. The van der Waals surface area contributed by atoms with Crippen molar-refractivity contribution < 1.29 is 4.21 Å². The van der Waals surface area contributed by atoms with E-state index in [4.69, 9.17) is 0 Å². The number of nitrogens with zero attached hydrogens (tertiary/aromatic N) is 2. The van der Waals surface area contributed by atoms with Crippen LogP contribution < -0.4 is 5.32 Å². The monoisotopic (exact) mass is 243 g/mol. The maximum atomic E-state index is 11.1. The lowest BCUT2D eigenvalue weighted by molar-refractivity contribution is 0.440. The average Bonchev–Trinajstić information content (AvgIpc) is 2.60. The number of imidazole rings is 1. The number of nitrogens with one attached hydrogen (secondary N) is 1. The van der Waals surface area contributed by atoms with Crippen molar-refractivity contribution in [3.63, 3.8) is 0 Å². The van der Waals surface area contributed by atoms with E-state index >= 15 is 0 Å². The predicted molar refractivity (Wildman–Crippen MR) is 67.8 cm³/mol. The SMILES string of the molecule is CCC(NC(C)CS(C)=O)c1nccn1C. The quantitative estimate of drug-likeness (QED) is 0.817. The van der Waals surface area contributed by atoms with Gasteiger partial charge in [-0.15, -0.1) is 0 Å². The minimum atomic E-state index is -0.756. The summed E-state index contributed by atoms with van der Waals surface area (Å²) in [6, 6.07) is 0.478. The van der Waals surface area contributed by atoms with Crippen molar-refractivity contribution in [2.24, 2.45) is 7.05 Å². The van der Waals surface area contributed by atoms with Crippen LogP contribution in [0.2, 0.25) is 0 Å². The molecule has 92 valence electrons. The molecule has 0 saturated carbocycles. The van der Waals surface area contributed by atoms with Gasteiger partial charge in [0.15, 0.2) is 0 Å². The summed E-state index contributed by atoms with van der Waals surface area (Å²) in [5.41, 5.74) is 0. The number of hydrogen-bond donors (Lipinski definition) is 1. The Balaban J connectivity index is 2.62. The van der Waals surface area contributed by atoms with Crippen LogP contribution in [-0.2, 0) is 17.8 Å². The van der Waals surface area contributed by atoms with E-state index in [1.54, 1.807) is 6.26 Å². The average molecular weight is 243 g/mol. The summed E-state index contributed by atoms with van der Waals surface area (Å²) in [4.78, 5) is 4.34. The van der Waals surface area contributed by atoms with E-state index < -0.39 is 10.8 Å². The molecule has 0 spiro atoms. The molecule has 0 amide bonds. The summed E-state index contributed by atoms with van der Waals surface area (Å²) in [5, 5.41) is 3.46. The van der Waals surface area contributed by atoms with Crippen molar-refractivity contribution in [2.45, 2.75) is 32.4 Å². The van der Waals surface area contributed by atoms with Crippen LogP contribution in [0.4, 0.5) is 0 Å². The molecule has 1 N–H and O–H groups in total. The molecule has 0 aromatic carbocycles. The lowest BCUT2D eigenvalue weighted by Crippen LogP contribution is -2.35. The molecule has 1 aromatic heterocycles. The molecule has 16 heavy (non-hydrogen) atoms. The van der Waals surface area contributed by atoms with E-state index in [0.29, 0.717) is 5.75 Å². The van der Waals surface area contributed by atoms with Crippen molar-refractivity contribution >= 4 is 10.8 Å². The first-order valence-electron chi connectivity index (χ1n) is 5.57. The van der Waals surface area contributed by atoms with Gasteiger partial charge in [0, 0.05) is 48.3 Å². The first-order valence-corrected chi connectivity index (χ1v) is 7.30. The minimum Gasteiger partial charge on any atom is -0.337 e. The first-order chi connectivity index (χ1) is 7.54. The number of hydrogen-bond acceptors (Lipinski definition) is 3. The molecule has 0 fully saturated rings. The van der Waals surface area contributed by atoms with Crippen LogP contribution in [0.15, 0.2) is 12.4 Å². The van der Waals surface area contributed by atoms with E-state index in [0.717, 1.165) is 12.2 Å². The van der Waals surface area contributed by atoms with E-state index in [2.05, 4.69) is 24.1 Å². The summed E-state index contributed by atoms with van der Waals surface area (Å²) in [6.07, 6.45) is 6.47. The van der Waals surface area contributed by atoms with Gasteiger partial charge in [-0.25, -0.2) is 4.98 Å². The first kappa shape index (κ1) is 13.4. The Morgan fingerprint density at radius 2 is 2.31 bits per heavy atom. The maximum absolute atomic E-state index is 11.1. The Hall–Kier alpha value is -0.680. The second-order valence-electron chi connectivity index (χ2n) is 4.16. The number of aromatic nitrogens is 2. The topological polar surface area (TPSA) is 46.9 Å². The van der Waals surface area contributed by atoms with Crippen LogP contribution in [0.3, 0.4) is 0 Å². The summed E-state index contributed by atoms with van der Waals surface area (Å²) in [5.74, 6) is 1.72. The number of rotatable bonds is 6. The molecule has 3 unspecified atom stereocenters. The van der Waals surface area contributed by atoms with Gasteiger partial charge in [0.2, 0.25) is 0 Å². The van der Waals surface area contributed by atoms with Crippen molar-refractivity contribution in [3.8, 4) is 0 Å². The third-order valence-electron chi connectivity index (χ3n) is 2.55. The van der Waals surface area contributed by atoms with E-state index in [9.17, 15) is 4.21 Å². The molecule has 0 bridgehead atoms. The highest BCUT2D eigenvalue weighted by Gasteiger charge is 2.16. The van der Waals surface area contributed by atoms with Crippen LogP contribution in [-0.4, -0.2) is 31.8 Å². The van der Waals surface area contributed by atoms with Crippen LogP contribution >= 0.6 is 0 Å². The van der Waals surface area contributed by atoms with E-state index in [-0.39, 0.29) is 12.1 Å². The highest BCUT2D eigenvalue weighted by molar-refractivity contribution is 7.84. The van der Waals surface area contributed by atoms with Crippen molar-refractivity contribution in [1.29, 1.82) is 0 Å². The highest BCUT2D eigenvalue weighted by Crippen LogP contribution is 2.14. The molecule has 1 rings (SSSR count). The smallest absolute Gasteiger partial charge is 0.125 e.